The fourth-order valence-corrected chi connectivity index (χ4v) is 2.36. The number of methoxy groups -OCH3 is 1. The first-order valence-electron chi connectivity index (χ1n) is 6.70. The van der Waals surface area contributed by atoms with Crippen molar-refractivity contribution in [2.75, 3.05) is 20.3 Å². The third-order valence-corrected chi connectivity index (χ3v) is 3.44. The summed E-state index contributed by atoms with van der Waals surface area (Å²) in [6.45, 7) is 0.528. The van der Waals surface area contributed by atoms with Crippen LogP contribution in [0.3, 0.4) is 0 Å². The average molecular weight is 356 g/mol. The Morgan fingerprint density at radius 2 is 1.87 bits per heavy atom. The number of rotatable bonds is 7. The Kier molecular flexibility index (Phi) is 6.38. The molecule has 0 aliphatic carbocycles. The van der Waals surface area contributed by atoms with E-state index in [9.17, 15) is 0 Å². The van der Waals surface area contributed by atoms with Crippen LogP contribution in [0.4, 0.5) is 0 Å². The summed E-state index contributed by atoms with van der Waals surface area (Å²) in [4.78, 5) is 0. The van der Waals surface area contributed by atoms with Crippen molar-refractivity contribution < 1.29 is 19.4 Å². The second-order valence-electron chi connectivity index (χ2n) is 4.39. The zero-order valence-corrected chi connectivity index (χ0v) is 13.8. The molecule has 1 N–H and O–H groups in total. The van der Waals surface area contributed by atoms with Crippen molar-refractivity contribution in [1.82, 2.24) is 0 Å². The van der Waals surface area contributed by atoms with Gasteiger partial charge in [0.15, 0.2) is 11.5 Å². The van der Waals surface area contributed by atoms with Gasteiger partial charge in [0, 0.05) is 10.6 Å². The molecule has 5 nitrogen and oxygen atoms in total. The highest BCUT2D eigenvalue weighted by molar-refractivity contribution is 6.35. The SMILES string of the molecule is COc1cccc(C=NO)c1OCCOc1ccc(Cl)cc1Cl. The number of halogens is 2. The van der Waals surface area contributed by atoms with Gasteiger partial charge in [0.05, 0.1) is 18.3 Å². The molecule has 0 fully saturated rings. The van der Waals surface area contributed by atoms with Gasteiger partial charge in [0.2, 0.25) is 0 Å². The van der Waals surface area contributed by atoms with E-state index < -0.39 is 0 Å². The van der Waals surface area contributed by atoms with Crippen molar-refractivity contribution in [2.45, 2.75) is 0 Å². The maximum atomic E-state index is 8.70. The summed E-state index contributed by atoms with van der Waals surface area (Å²) in [7, 11) is 1.53. The number of hydrogen-bond donors (Lipinski definition) is 1. The average Bonchev–Trinajstić information content (AvgIpc) is 2.54. The zero-order valence-electron chi connectivity index (χ0n) is 12.3. The van der Waals surface area contributed by atoms with Crippen LogP contribution >= 0.6 is 23.2 Å². The van der Waals surface area contributed by atoms with Crippen LogP contribution < -0.4 is 14.2 Å². The number of oxime groups is 1. The van der Waals surface area contributed by atoms with E-state index in [-0.39, 0.29) is 13.2 Å². The lowest BCUT2D eigenvalue weighted by atomic mass is 10.2. The maximum absolute atomic E-state index is 8.70. The largest absolute Gasteiger partial charge is 0.493 e. The fourth-order valence-electron chi connectivity index (χ4n) is 1.90. The van der Waals surface area contributed by atoms with Crippen LogP contribution in [-0.4, -0.2) is 31.7 Å². The van der Waals surface area contributed by atoms with Gasteiger partial charge < -0.3 is 19.4 Å². The van der Waals surface area contributed by atoms with Gasteiger partial charge in [-0.1, -0.05) is 34.4 Å². The van der Waals surface area contributed by atoms with E-state index in [1.54, 1.807) is 36.4 Å². The molecule has 0 unspecified atom stereocenters. The van der Waals surface area contributed by atoms with E-state index in [0.717, 1.165) is 0 Å². The Morgan fingerprint density at radius 3 is 2.57 bits per heavy atom. The van der Waals surface area contributed by atoms with Crippen LogP contribution in [0.25, 0.3) is 0 Å². The van der Waals surface area contributed by atoms with E-state index in [1.165, 1.54) is 13.3 Å². The second kappa shape index (κ2) is 8.50. The van der Waals surface area contributed by atoms with E-state index in [2.05, 4.69) is 5.16 Å². The van der Waals surface area contributed by atoms with Crippen LogP contribution in [0, 0.1) is 0 Å². The lowest BCUT2D eigenvalue weighted by molar-refractivity contribution is 0.211. The molecule has 0 aliphatic heterocycles. The third-order valence-electron chi connectivity index (χ3n) is 2.91. The molecule has 2 rings (SSSR count). The molecule has 0 aromatic heterocycles. The first-order chi connectivity index (χ1) is 11.2. The highest BCUT2D eigenvalue weighted by Gasteiger charge is 2.10. The molecular weight excluding hydrogens is 341 g/mol. The molecular formula is C16H15Cl2NO4. The molecule has 0 amide bonds. The van der Waals surface area contributed by atoms with Crippen molar-refractivity contribution >= 4 is 29.4 Å². The molecule has 0 aliphatic rings. The number of ether oxygens (including phenoxy) is 3. The Labute approximate surface area is 144 Å². The molecule has 2 aromatic rings. The Hall–Kier alpha value is -2.11. The topological polar surface area (TPSA) is 60.3 Å². The Morgan fingerprint density at radius 1 is 1.09 bits per heavy atom. The number of hydrogen-bond acceptors (Lipinski definition) is 5. The second-order valence-corrected chi connectivity index (χ2v) is 5.24. The molecule has 23 heavy (non-hydrogen) atoms. The lowest BCUT2D eigenvalue weighted by Gasteiger charge is -2.14. The van der Waals surface area contributed by atoms with Gasteiger partial charge >= 0.3 is 0 Å². The first-order valence-corrected chi connectivity index (χ1v) is 7.46. The summed E-state index contributed by atoms with van der Waals surface area (Å²) in [6, 6.07) is 10.3. The highest BCUT2D eigenvalue weighted by Crippen LogP contribution is 2.30. The molecule has 122 valence electrons. The summed E-state index contributed by atoms with van der Waals surface area (Å²) in [5.74, 6) is 1.53. The van der Waals surface area contributed by atoms with Crippen molar-refractivity contribution in [3.05, 3.63) is 52.0 Å². The van der Waals surface area contributed by atoms with Crippen LogP contribution in [-0.2, 0) is 0 Å². The van der Waals surface area contributed by atoms with E-state index in [0.29, 0.717) is 32.9 Å². The molecule has 7 heteroatoms. The predicted octanol–water partition coefficient (Wildman–Crippen LogP) is 4.27. The normalized spacial score (nSPS) is 10.7. The molecule has 2 aromatic carbocycles. The minimum Gasteiger partial charge on any atom is -0.493 e. The van der Waals surface area contributed by atoms with Crippen molar-refractivity contribution in [2.24, 2.45) is 5.16 Å². The van der Waals surface area contributed by atoms with Crippen LogP contribution in [0.5, 0.6) is 17.2 Å². The quantitative estimate of drug-likeness (QED) is 0.348. The van der Waals surface area contributed by atoms with Crippen LogP contribution in [0.1, 0.15) is 5.56 Å². The van der Waals surface area contributed by atoms with E-state index >= 15 is 0 Å². The summed E-state index contributed by atoms with van der Waals surface area (Å²) < 4.78 is 16.5. The summed E-state index contributed by atoms with van der Waals surface area (Å²) >= 11 is 11.9. The van der Waals surface area contributed by atoms with E-state index in [4.69, 9.17) is 42.6 Å². The lowest BCUT2D eigenvalue weighted by Crippen LogP contribution is -2.11. The predicted molar refractivity (Wildman–Crippen MR) is 89.8 cm³/mol. The smallest absolute Gasteiger partial charge is 0.170 e. The van der Waals surface area contributed by atoms with Crippen molar-refractivity contribution in [3.8, 4) is 17.2 Å². The van der Waals surface area contributed by atoms with Gasteiger partial charge in [-0.05, 0) is 30.3 Å². The minimum absolute atomic E-state index is 0.256. The highest BCUT2D eigenvalue weighted by atomic mass is 35.5. The zero-order chi connectivity index (χ0) is 16.7. The summed E-state index contributed by atoms with van der Waals surface area (Å²) in [5.41, 5.74) is 0.594. The maximum Gasteiger partial charge on any atom is 0.170 e. The monoisotopic (exact) mass is 355 g/mol. The van der Waals surface area contributed by atoms with Crippen LogP contribution in [0.2, 0.25) is 10.0 Å². The molecule has 0 radical (unpaired) electrons. The van der Waals surface area contributed by atoms with Gasteiger partial charge in [-0.2, -0.15) is 0 Å². The molecule has 0 heterocycles. The fraction of sp³-hybridized carbons (Fsp3) is 0.188. The molecule has 0 atom stereocenters. The number of benzene rings is 2. The molecule has 0 bridgehead atoms. The molecule has 0 saturated carbocycles. The van der Waals surface area contributed by atoms with Gasteiger partial charge in [-0.3, -0.25) is 0 Å². The molecule has 0 saturated heterocycles. The Bertz CT molecular complexity index is 692. The van der Waals surface area contributed by atoms with Crippen molar-refractivity contribution in [1.29, 1.82) is 0 Å². The third kappa shape index (κ3) is 4.68. The molecule has 0 spiro atoms. The van der Waals surface area contributed by atoms with E-state index in [1.807, 2.05) is 0 Å². The van der Waals surface area contributed by atoms with Crippen LogP contribution in [0.15, 0.2) is 41.6 Å². The minimum atomic E-state index is 0.256. The van der Waals surface area contributed by atoms with Gasteiger partial charge in [0.1, 0.15) is 19.0 Å². The number of para-hydroxylation sites is 1. The van der Waals surface area contributed by atoms with Gasteiger partial charge in [-0.25, -0.2) is 0 Å². The van der Waals surface area contributed by atoms with Gasteiger partial charge in [0.25, 0.3) is 0 Å². The Balaban J connectivity index is 1.98. The van der Waals surface area contributed by atoms with Crippen molar-refractivity contribution in [3.63, 3.8) is 0 Å². The number of nitrogens with zero attached hydrogens (tertiary/aromatic N) is 1. The van der Waals surface area contributed by atoms with Gasteiger partial charge in [-0.15, -0.1) is 0 Å². The summed E-state index contributed by atoms with van der Waals surface area (Å²) in [5, 5.41) is 12.7. The standard InChI is InChI=1S/C16H15Cl2NO4/c1-21-15-4-2-3-11(10-19-20)16(15)23-8-7-22-14-6-5-12(17)9-13(14)18/h2-6,9-10,20H,7-8H2,1H3. The summed E-state index contributed by atoms with van der Waals surface area (Å²) in [6.07, 6.45) is 1.27. The first kappa shape index (κ1) is 17.2.